The molecule has 0 fully saturated rings. The molecule has 0 aliphatic carbocycles. The lowest BCUT2D eigenvalue weighted by Crippen LogP contribution is -2.25. The average Bonchev–Trinajstić information content (AvgIpc) is 2.85. The van der Waals surface area contributed by atoms with Crippen molar-refractivity contribution in [3.63, 3.8) is 0 Å². The molecule has 0 aliphatic heterocycles. The normalized spacial score (nSPS) is 10.3. The molecule has 2 aromatic rings. The number of benzene rings is 1. The van der Waals surface area contributed by atoms with Crippen LogP contribution in [0.2, 0.25) is 5.02 Å². The smallest absolute Gasteiger partial charge is 0.227 e. The van der Waals surface area contributed by atoms with Gasteiger partial charge in [0.25, 0.3) is 0 Å². The number of hydrogen-bond donors (Lipinski definition) is 2. The largest absolute Gasteiger partial charge is 0.356 e. The zero-order valence-corrected chi connectivity index (χ0v) is 12.9. The van der Waals surface area contributed by atoms with Crippen LogP contribution < -0.4 is 10.6 Å². The van der Waals surface area contributed by atoms with E-state index in [1.54, 1.807) is 23.0 Å². The summed E-state index contributed by atoms with van der Waals surface area (Å²) in [7, 11) is 0. The second-order valence-electron chi connectivity index (χ2n) is 4.79. The van der Waals surface area contributed by atoms with E-state index in [2.05, 4.69) is 15.7 Å². The van der Waals surface area contributed by atoms with Gasteiger partial charge in [0.05, 0.1) is 12.7 Å². The third-order valence-corrected chi connectivity index (χ3v) is 3.17. The van der Waals surface area contributed by atoms with E-state index in [1.807, 2.05) is 18.2 Å². The molecule has 2 amide bonds. The van der Waals surface area contributed by atoms with Gasteiger partial charge in [-0.1, -0.05) is 23.7 Å². The minimum Gasteiger partial charge on any atom is -0.356 e. The molecule has 0 radical (unpaired) electrons. The van der Waals surface area contributed by atoms with Gasteiger partial charge in [0, 0.05) is 31.0 Å². The molecule has 2 N–H and O–H groups in total. The second-order valence-corrected chi connectivity index (χ2v) is 5.22. The topological polar surface area (TPSA) is 76.0 Å². The lowest BCUT2D eigenvalue weighted by atomic mass is 10.2. The number of carbonyl (C=O) groups excluding carboxylic acids is 2. The van der Waals surface area contributed by atoms with Crippen LogP contribution in [0.4, 0.5) is 5.82 Å². The van der Waals surface area contributed by atoms with E-state index in [9.17, 15) is 9.59 Å². The van der Waals surface area contributed by atoms with Gasteiger partial charge in [-0.05, 0) is 17.7 Å². The Labute approximate surface area is 133 Å². The van der Waals surface area contributed by atoms with Crippen LogP contribution in [0.1, 0.15) is 18.9 Å². The first-order valence-electron chi connectivity index (χ1n) is 6.85. The number of anilines is 1. The second kappa shape index (κ2) is 7.61. The third kappa shape index (κ3) is 4.89. The zero-order valence-electron chi connectivity index (χ0n) is 12.2. The summed E-state index contributed by atoms with van der Waals surface area (Å²) in [6.07, 6.45) is 1.83. The quantitative estimate of drug-likeness (QED) is 0.855. The van der Waals surface area contributed by atoms with Crippen molar-refractivity contribution in [2.45, 2.75) is 19.9 Å². The van der Waals surface area contributed by atoms with Crippen molar-refractivity contribution in [3.05, 3.63) is 47.1 Å². The maximum Gasteiger partial charge on any atom is 0.227 e. The van der Waals surface area contributed by atoms with Crippen molar-refractivity contribution in [1.82, 2.24) is 15.1 Å². The average molecular weight is 321 g/mol. The van der Waals surface area contributed by atoms with E-state index >= 15 is 0 Å². The molecule has 0 saturated heterocycles. The zero-order chi connectivity index (χ0) is 15.9. The van der Waals surface area contributed by atoms with Gasteiger partial charge in [0.1, 0.15) is 5.82 Å². The first-order chi connectivity index (χ1) is 10.5. The van der Waals surface area contributed by atoms with Crippen LogP contribution in [0.3, 0.4) is 0 Å². The van der Waals surface area contributed by atoms with Crippen molar-refractivity contribution < 1.29 is 9.59 Å². The van der Waals surface area contributed by atoms with E-state index in [4.69, 9.17) is 11.6 Å². The molecule has 22 heavy (non-hydrogen) atoms. The molecule has 0 spiro atoms. The fraction of sp³-hybridized carbons (Fsp3) is 0.267. The molecule has 1 aromatic heterocycles. The van der Waals surface area contributed by atoms with Crippen LogP contribution in [0.5, 0.6) is 0 Å². The molecule has 1 aromatic carbocycles. The summed E-state index contributed by atoms with van der Waals surface area (Å²) in [5, 5.41) is 10.2. The number of hydrogen-bond acceptors (Lipinski definition) is 3. The van der Waals surface area contributed by atoms with Gasteiger partial charge in [-0.2, -0.15) is 5.10 Å². The summed E-state index contributed by atoms with van der Waals surface area (Å²) in [5.41, 5.74) is 0.991. The lowest BCUT2D eigenvalue weighted by molar-refractivity contribution is -0.119. The molecule has 6 nitrogen and oxygen atoms in total. The van der Waals surface area contributed by atoms with E-state index in [0.717, 1.165) is 5.56 Å². The Morgan fingerprint density at radius 1 is 1.32 bits per heavy atom. The van der Waals surface area contributed by atoms with Gasteiger partial charge in [-0.25, -0.2) is 4.68 Å². The van der Waals surface area contributed by atoms with Gasteiger partial charge < -0.3 is 10.6 Å². The molecule has 2 rings (SSSR count). The number of rotatable bonds is 6. The minimum absolute atomic E-state index is 0.154. The van der Waals surface area contributed by atoms with Crippen LogP contribution in [-0.4, -0.2) is 28.1 Å². The number of halogens is 1. The highest BCUT2D eigenvalue weighted by atomic mass is 35.5. The molecule has 1 heterocycles. The molecule has 0 aliphatic rings. The fourth-order valence-corrected chi connectivity index (χ4v) is 2.14. The van der Waals surface area contributed by atoms with Gasteiger partial charge in [-0.15, -0.1) is 0 Å². The summed E-state index contributed by atoms with van der Waals surface area (Å²) in [6.45, 7) is 2.23. The molecule has 116 valence electrons. The summed E-state index contributed by atoms with van der Waals surface area (Å²) < 4.78 is 1.68. The maximum absolute atomic E-state index is 11.8. The molecular weight excluding hydrogens is 304 g/mol. The van der Waals surface area contributed by atoms with Crippen LogP contribution in [0.15, 0.2) is 36.5 Å². The van der Waals surface area contributed by atoms with Crippen LogP contribution in [0.25, 0.3) is 0 Å². The van der Waals surface area contributed by atoms with Gasteiger partial charge in [-0.3, -0.25) is 9.59 Å². The van der Waals surface area contributed by atoms with Crippen molar-refractivity contribution in [2.75, 3.05) is 11.9 Å². The van der Waals surface area contributed by atoms with E-state index in [1.165, 1.54) is 6.92 Å². The maximum atomic E-state index is 11.8. The van der Waals surface area contributed by atoms with Crippen LogP contribution in [0, 0.1) is 0 Å². The van der Waals surface area contributed by atoms with Crippen molar-refractivity contribution in [2.24, 2.45) is 0 Å². The summed E-state index contributed by atoms with van der Waals surface area (Å²) in [6, 6.07) is 9.19. The summed E-state index contributed by atoms with van der Waals surface area (Å²) >= 11 is 5.96. The molecule has 0 saturated carbocycles. The monoisotopic (exact) mass is 320 g/mol. The predicted octanol–water partition coefficient (Wildman–Crippen LogP) is 2.05. The standard InChI is InChI=1S/C15H17ClN4O2/c1-11(21)17-7-6-15(22)19-14-5-8-18-20(14)10-12-3-2-4-13(16)9-12/h2-5,8-9H,6-7,10H2,1H3,(H,17,21)(H,19,22). The molecule has 0 bridgehead atoms. The SMILES string of the molecule is CC(=O)NCCC(=O)Nc1ccnn1Cc1cccc(Cl)c1. The number of nitrogens with one attached hydrogen (secondary N) is 2. The Bertz CT molecular complexity index is 669. The van der Waals surface area contributed by atoms with Gasteiger partial charge in [0.15, 0.2) is 0 Å². The Hall–Kier alpha value is -2.34. The van der Waals surface area contributed by atoms with Crippen LogP contribution >= 0.6 is 11.6 Å². The van der Waals surface area contributed by atoms with E-state index in [-0.39, 0.29) is 18.2 Å². The minimum atomic E-state index is -0.179. The Morgan fingerprint density at radius 2 is 2.14 bits per heavy atom. The highest BCUT2D eigenvalue weighted by Crippen LogP contribution is 2.14. The molecule has 7 heteroatoms. The van der Waals surface area contributed by atoms with Crippen molar-refractivity contribution in [3.8, 4) is 0 Å². The molecule has 0 atom stereocenters. The Kier molecular flexibility index (Phi) is 5.55. The van der Waals surface area contributed by atoms with Crippen molar-refractivity contribution in [1.29, 1.82) is 0 Å². The summed E-state index contributed by atoms with van der Waals surface area (Å²) in [5.74, 6) is 0.271. The third-order valence-electron chi connectivity index (χ3n) is 2.93. The number of carbonyl (C=O) groups is 2. The Morgan fingerprint density at radius 3 is 2.86 bits per heavy atom. The fourth-order valence-electron chi connectivity index (χ4n) is 1.93. The lowest BCUT2D eigenvalue weighted by Gasteiger charge is -2.09. The predicted molar refractivity (Wildman–Crippen MR) is 84.7 cm³/mol. The number of nitrogens with zero attached hydrogens (tertiary/aromatic N) is 2. The van der Waals surface area contributed by atoms with Gasteiger partial charge in [0.2, 0.25) is 11.8 Å². The van der Waals surface area contributed by atoms with Crippen LogP contribution in [-0.2, 0) is 16.1 Å². The molecule has 0 unspecified atom stereocenters. The number of aromatic nitrogens is 2. The van der Waals surface area contributed by atoms with E-state index < -0.39 is 0 Å². The highest BCUT2D eigenvalue weighted by Gasteiger charge is 2.08. The first-order valence-corrected chi connectivity index (χ1v) is 7.23. The first kappa shape index (κ1) is 16.0. The molecular formula is C15H17ClN4O2. The van der Waals surface area contributed by atoms with Crippen molar-refractivity contribution >= 4 is 29.2 Å². The highest BCUT2D eigenvalue weighted by molar-refractivity contribution is 6.30. The summed E-state index contributed by atoms with van der Waals surface area (Å²) in [4.78, 5) is 22.6. The van der Waals surface area contributed by atoms with Gasteiger partial charge >= 0.3 is 0 Å². The number of amides is 2. The Balaban J connectivity index is 1.94. The van der Waals surface area contributed by atoms with E-state index in [0.29, 0.717) is 23.9 Å².